The summed E-state index contributed by atoms with van der Waals surface area (Å²) in [6.45, 7) is 0.762. The van der Waals surface area contributed by atoms with E-state index in [1.165, 1.54) is 0 Å². The van der Waals surface area contributed by atoms with E-state index in [1.807, 2.05) is 65.3 Å². The Hall–Kier alpha value is -4.45. The number of carbonyl (C=O) groups excluding carboxylic acids is 2. The van der Waals surface area contributed by atoms with Gasteiger partial charge in [0.25, 0.3) is 0 Å². The number of anilines is 2. The lowest BCUT2D eigenvalue weighted by Crippen LogP contribution is -2.32. The van der Waals surface area contributed by atoms with Gasteiger partial charge in [-0.05, 0) is 24.3 Å². The van der Waals surface area contributed by atoms with Crippen LogP contribution in [0.5, 0.6) is 0 Å². The van der Waals surface area contributed by atoms with Crippen LogP contribution in [-0.4, -0.2) is 37.5 Å². The molecule has 0 aliphatic heterocycles. The minimum atomic E-state index is -0.274. The van der Waals surface area contributed by atoms with Gasteiger partial charge in [-0.25, -0.2) is 4.98 Å². The number of hydrogen-bond donors (Lipinski definition) is 1. The van der Waals surface area contributed by atoms with Crippen LogP contribution < -0.4 is 10.2 Å². The van der Waals surface area contributed by atoms with Crippen molar-refractivity contribution >= 4 is 28.8 Å². The molecule has 0 fully saturated rings. The number of para-hydroxylation sites is 1. The number of nitriles is 1. The standard InChI is InChI=1S/C24H23N7O2/c25-12-6-14-31(21-7-2-1-3-8-21)24(33)11-10-23(32)28-19-15-26-30(17-19)18-20-16-29-13-5-4-9-22(29)27-20/h1-5,7-9,13,15-17H,6,10-11,14,18H2,(H,28,32). The predicted octanol–water partition coefficient (Wildman–Crippen LogP) is 3.24. The first kappa shape index (κ1) is 21.8. The number of benzene rings is 1. The van der Waals surface area contributed by atoms with Crippen molar-refractivity contribution in [3.8, 4) is 6.07 Å². The molecule has 0 aliphatic rings. The number of amides is 2. The van der Waals surface area contributed by atoms with E-state index >= 15 is 0 Å². The van der Waals surface area contributed by atoms with E-state index in [9.17, 15) is 9.59 Å². The van der Waals surface area contributed by atoms with Crippen LogP contribution in [0, 0.1) is 11.3 Å². The molecule has 0 spiro atoms. The average molecular weight is 441 g/mol. The summed E-state index contributed by atoms with van der Waals surface area (Å²) < 4.78 is 3.63. The van der Waals surface area contributed by atoms with E-state index in [0.717, 1.165) is 11.3 Å². The number of imidazole rings is 1. The van der Waals surface area contributed by atoms with Crippen LogP contribution in [0.15, 0.2) is 73.3 Å². The summed E-state index contributed by atoms with van der Waals surface area (Å²) in [5.74, 6) is -0.474. The summed E-state index contributed by atoms with van der Waals surface area (Å²) in [6.07, 6.45) is 7.46. The van der Waals surface area contributed by atoms with Gasteiger partial charge < -0.3 is 14.6 Å². The van der Waals surface area contributed by atoms with Gasteiger partial charge >= 0.3 is 0 Å². The van der Waals surface area contributed by atoms with Gasteiger partial charge in [-0.3, -0.25) is 14.3 Å². The van der Waals surface area contributed by atoms with Crippen molar-refractivity contribution in [2.45, 2.75) is 25.8 Å². The Kier molecular flexibility index (Phi) is 6.75. The number of rotatable bonds is 9. The van der Waals surface area contributed by atoms with Gasteiger partial charge in [0.1, 0.15) is 5.65 Å². The van der Waals surface area contributed by atoms with E-state index in [1.54, 1.807) is 22.0 Å². The van der Waals surface area contributed by atoms with Crippen LogP contribution >= 0.6 is 0 Å². The zero-order valence-electron chi connectivity index (χ0n) is 18.0. The molecule has 9 nitrogen and oxygen atoms in total. The highest BCUT2D eigenvalue weighted by Gasteiger charge is 2.17. The number of hydrogen-bond acceptors (Lipinski definition) is 5. The minimum Gasteiger partial charge on any atom is -0.323 e. The number of carbonyl (C=O) groups is 2. The Bertz CT molecular complexity index is 1250. The second-order valence-electron chi connectivity index (χ2n) is 7.46. The fourth-order valence-electron chi connectivity index (χ4n) is 3.49. The summed E-state index contributed by atoms with van der Waals surface area (Å²) in [4.78, 5) is 31.2. The molecule has 0 aliphatic carbocycles. The molecular formula is C24H23N7O2. The molecule has 166 valence electrons. The predicted molar refractivity (Wildman–Crippen MR) is 123 cm³/mol. The number of nitrogens with one attached hydrogen (secondary N) is 1. The van der Waals surface area contributed by atoms with E-state index < -0.39 is 0 Å². The number of aromatic nitrogens is 4. The first-order valence-corrected chi connectivity index (χ1v) is 10.6. The maximum absolute atomic E-state index is 12.7. The van der Waals surface area contributed by atoms with Crippen LogP contribution in [0.4, 0.5) is 11.4 Å². The molecule has 4 rings (SSSR count). The molecule has 0 atom stereocenters. The van der Waals surface area contributed by atoms with Crippen molar-refractivity contribution in [2.75, 3.05) is 16.8 Å². The number of fused-ring (bicyclic) bond motifs is 1. The Morgan fingerprint density at radius 1 is 1.06 bits per heavy atom. The third-order valence-corrected chi connectivity index (χ3v) is 5.04. The molecule has 4 aromatic rings. The smallest absolute Gasteiger partial charge is 0.227 e. The lowest BCUT2D eigenvalue weighted by atomic mass is 10.2. The third kappa shape index (κ3) is 5.62. The SMILES string of the molecule is N#CCCN(C(=O)CCC(=O)Nc1cnn(Cc2cn3ccccc3n2)c1)c1ccccc1. The third-order valence-electron chi connectivity index (χ3n) is 5.04. The Morgan fingerprint density at radius 2 is 1.88 bits per heavy atom. The zero-order chi connectivity index (χ0) is 23.0. The van der Waals surface area contributed by atoms with Crippen LogP contribution in [0.3, 0.4) is 0 Å². The normalized spacial score (nSPS) is 10.6. The van der Waals surface area contributed by atoms with Crippen molar-refractivity contribution in [2.24, 2.45) is 0 Å². The first-order chi connectivity index (χ1) is 16.1. The van der Waals surface area contributed by atoms with Crippen molar-refractivity contribution in [1.29, 1.82) is 5.26 Å². The lowest BCUT2D eigenvalue weighted by molar-refractivity contribution is -0.122. The summed E-state index contributed by atoms with van der Waals surface area (Å²) >= 11 is 0. The summed E-state index contributed by atoms with van der Waals surface area (Å²) in [6, 6.07) is 17.0. The highest BCUT2D eigenvalue weighted by Crippen LogP contribution is 2.16. The van der Waals surface area contributed by atoms with E-state index in [2.05, 4.69) is 21.5 Å². The zero-order valence-corrected chi connectivity index (χ0v) is 18.0. The van der Waals surface area contributed by atoms with E-state index in [0.29, 0.717) is 17.9 Å². The fourth-order valence-corrected chi connectivity index (χ4v) is 3.49. The highest BCUT2D eigenvalue weighted by atomic mass is 16.2. The lowest BCUT2D eigenvalue weighted by Gasteiger charge is -2.21. The Morgan fingerprint density at radius 3 is 2.67 bits per heavy atom. The van der Waals surface area contributed by atoms with Crippen molar-refractivity contribution < 1.29 is 9.59 Å². The van der Waals surface area contributed by atoms with Gasteiger partial charge in [-0.15, -0.1) is 0 Å². The molecule has 2 amide bonds. The van der Waals surface area contributed by atoms with Gasteiger partial charge in [0.05, 0.1) is 36.6 Å². The average Bonchev–Trinajstić information content (AvgIpc) is 3.44. The maximum Gasteiger partial charge on any atom is 0.227 e. The molecule has 9 heteroatoms. The van der Waals surface area contributed by atoms with Gasteiger partial charge in [0, 0.05) is 43.7 Å². The molecule has 1 aromatic carbocycles. The molecule has 33 heavy (non-hydrogen) atoms. The quantitative estimate of drug-likeness (QED) is 0.429. The van der Waals surface area contributed by atoms with Crippen molar-refractivity contribution in [3.63, 3.8) is 0 Å². The van der Waals surface area contributed by atoms with Gasteiger partial charge in [-0.2, -0.15) is 10.4 Å². The highest BCUT2D eigenvalue weighted by molar-refractivity contribution is 5.98. The molecule has 0 unspecified atom stereocenters. The van der Waals surface area contributed by atoms with Crippen molar-refractivity contribution in [1.82, 2.24) is 19.2 Å². The van der Waals surface area contributed by atoms with Crippen molar-refractivity contribution in [3.05, 3.63) is 79.0 Å². The molecule has 0 saturated carbocycles. The number of nitrogens with zero attached hydrogens (tertiary/aromatic N) is 6. The van der Waals surface area contributed by atoms with Gasteiger partial charge in [0.15, 0.2) is 0 Å². The second-order valence-corrected chi connectivity index (χ2v) is 7.46. The monoisotopic (exact) mass is 441 g/mol. The summed E-state index contributed by atoms with van der Waals surface area (Å²) in [5.41, 5.74) is 2.98. The molecule has 0 bridgehead atoms. The van der Waals surface area contributed by atoms with Crippen LogP contribution in [0.2, 0.25) is 0 Å². The minimum absolute atomic E-state index is 0.0341. The molecule has 0 saturated heterocycles. The summed E-state index contributed by atoms with van der Waals surface area (Å²) in [5, 5.41) is 16.0. The largest absolute Gasteiger partial charge is 0.323 e. The fraction of sp³-hybridized carbons (Fsp3) is 0.208. The summed E-state index contributed by atoms with van der Waals surface area (Å²) in [7, 11) is 0. The van der Waals surface area contributed by atoms with Gasteiger partial charge in [0.2, 0.25) is 11.8 Å². The Balaban J connectivity index is 1.31. The maximum atomic E-state index is 12.7. The molecular weight excluding hydrogens is 418 g/mol. The van der Waals surface area contributed by atoms with Crippen LogP contribution in [-0.2, 0) is 16.1 Å². The van der Waals surface area contributed by atoms with Crippen LogP contribution in [0.1, 0.15) is 25.0 Å². The Labute approximate surface area is 190 Å². The van der Waals surface area contributed by atoms with E-state index in [4.69, 9.17) is 5.26 Å². The molecule has 3 heterocycles. The number of pyridine rings is 1. The molecule has 3 aromatic heterocycles. The topological polar surface area (TPSA) is 108 Å². The molecule has 0 radical (unpaired) electrons. The van der Waals surface area contributed by atoms with E-state index in [-0.39, 0.29) is 37.6 Å². The molecule has 1 N–H and O–H groups in total. The van der Waals surface area contributed by atoms with Gasteiger partial charge in [-0.1, -0.05) is 24.3 Å². The first-order valence-electron chi connectivity index (χ1n) is 10.6. The van der Waals surface area contributed by atoms with Crippen LogP contribution in [0.25, 0.3) is 5.65 Å². The second kappa shape index (κ2) is 10.2.